The smallest absolute Gasteiger partial charge is 0.240 e. The minimum Gasteiger partial charge on any atom is -0.399 e. The molecular weight excluding hydrogens is 288 g/mol. The molecule has 1 fully saturated rings. The van der Waals surface area contributed by atoms with Gasteiger partial charge in [0.05, 0.1) is 15.9 Å². The van der Waals surface area contributed by atoms with E-state index in [1.807, 2.05) is 0 Å². The number of nitrogens with one attached hydrogen (secondary N) is 1. The molecule has 1 atom stereocenters. The Morgan fingerprint density at radius 2 is 2.11 bits per heavy atom. The SMILES string of the molecule is Nc1cccc(S(=O)(=O)NCC2CCCS2(=O)=O)c1. The lowest BCUT2D eigenvalue weighted by Gasteiger charge is -2.11. The third kappa shape index (κ3) is 3.26. The van der Waals surface area contributed by atoms with Crippen LogP contribution in [0.4, 0.5) is 5.69 Å². The summed E-state index contributed by atoms with van der Waals surface area (Å²) in [5, 5.41) is -0.622. The summed E-state index contributed by atoms with van der Waals surface area (Å²) in [4.78, 5) is 0.0443. The van der Waals surface area contributed by atoms with Crippen molar-refractivity contribution in [3.8, 4) is 0 Å². The topological polar surface area (TPSA) is 106 Å². The summed E-state index contributed by atoms with van der Waals surface area (Å²) >= 11 is 0. The Labute approximate surface area is 113 Å². The number of sulfonamides is 1. The highest BCUT2D eigenvalue weighted by Gasteiger charge is 2.32. The number of hydrogen-bond donors (Lipinski definition) is 2. The molecule has 1 heterocycles. The van der Waals surface area contributed by atoms with Gasteiger partial charge in [0.1, 0.15) is 0 Å². The number of nitrogens with two attached hydrogens (primary N) is 1. The molecule has 2 rings (SSSR count). The summed E-state index contributed by atoms with van der Waals surface area (Å²) in [6.07, 6.45) is 1.09. The Morgan fingerprint density at radius 1 is 1.37 bits per heavy atom. The van der Waals surface area contributed by atoms with E-state index in [9.17, 15) is 16.8 Å². The number of nitrogen functional groups attached to an aromatic ring is 1. The predicted molar refractivity (Wildman–Crippen MR) is 72.9 cm³/mol. The first-order chi connectivity index (χ1) is 8.81. The average Bonchev–Trinajstić information content (AvgIpc) is 2.66. The maximum absolute atomic E-state index is 12.0. The molecule has 1 unspecified atom stereocenters. The first-order valence-electron chi connectivity index (χ1n) is 5.88. The minimum atomic E-state index is -3.71. The van der Waals surface area contributed by atoms with Gasteiger partial charge in [-0.3, -0.25) is 0 Å². The third-order valence-electron chi connectivity index (χ3n) is 3.13. The van der Waals surface area contributed by atoms with Gasteiger partial charge < -0.3 is 5.73 Å². The molecule has 1 aliphatic heterocycles. The zero-order valence-electron chi connectivity index (χ0n) is 10.2. The highest BCUT2D eigenvalue weighted by Crippen LogP contribution is 2.20. The van der Waals surface area contributed by atoms with E-state index < -0.39 is 25.1 Å². The van der Waals surface area contributed by atoms with Gasteiger partial charge in [0.15, 0.2) is 9.84 Å². The van der Waals surface area contributed by atoms with Crippen LogP contribution in [0, 0.1) is 0 Å². The maximum Gasteiger partial charge on any atom is 0.240 e. The second-order valence-electron chi connectivity index (χ2n) is 4.56. The van der Waals surface area contributed by atoms with Crippen LogP contribution in [0.5, 0.6) is 0 Å². The van der Waals surface area contributed by atoms with Crippen LogP contribution in [0.25, 0.3) is 0 Å². The minimum absolute atomic E-state index is 0.0443. The van der Waals surface area contributed by atoms with Crippen molar-refractivity contribution >= 4 is 25.5 Å². The van der Waals surface area contributed by atoms with Crippen LogP contribution < -0.4 is 10.5 Å². The Morgan fingerprint density at radius 3 is 2.68 bits per heavy atom. The molecule has 0 saturated carbocycles. The molecule has 1 aromatic rings. The third-order valence-corrected chi connectivity index (χ3v) is 6.83. The molecule has 3 N–H and O–H groups in total. The quantitative estimate of drug-likeness (QED) is 0.769. The molecule has 1 saturated heterocycles. The average molecular weight is 304 g/mol. The molecule has 0 aliphatic carbocycles. The zero-order valence-corrected chi connectivity index (χ0v) is 11.9. The van der Waals surface area contributed by atoms with Gasteiger partial charge in [0, 0.05) is 12.2 Å². The van der Waals surface area contributed by atoms with E-state index in [4.69, 9.17) is 5.73 Å². The normalized spacial score (nSPS) is 22.4. The van der Waals surface area contributed by atoms with E-state index in [0.717, 1.165) is 0 Å². The van der Waals surface area contributed by atoms with Crippen molar-refractivity contribution in [3.63, 3.8) is 0 Å². The van der Waals surface area contributed by atoms with E-state index >= 15 is 0 Å². The molecule has 1 aliphatic rings. The first kappa shape index (κ1) is 14.3. The van der Waals surface area contributed by atoms with Gasteiger partial charge in [-0.1, -0.05) is 6.07 Å². The fourth-order valence-electron chi connectivity index (χ4n) is 2.06. The van der Waals surface area contributed by atoms with Crippen molar-refractivity contribution in [1.29, 1.82) is 0 Å². The molecule has 0 bridgehead atoms. The number of sulfone groups is 1. The van der Waals surface area contributed by atoms with Crippen LogP contribution in [0.15, 0.2) is 29.2 Å². The van der Waals surface area contributed by atoms with Crippen LogP contribution in [-0.4, -0.2) is 34.4 Å². The Kier molecular flexibility index (Phi) is 3.84. The van der Waals surface area contributed by atoms with Gasteiger partial charge in [-0.2, -0.15) is 0 Å². The predicted octanol–water partition coefficient (Wildman–Crippen LogP) is 0.124. The molecule has 6 nitrogen and oxygen atoms in total. The van der Waals surface area contributed by atoms with Gasteiger partial charge in [-0.05, 0) is 31.0 Å². The number of anilines is 1. The highest BCUT2D eigenvalue weighted by molar-refractivity contribution is 7.92. The summed E-state index contributed by atoms with van der Waals surface area (Å²) in [5.74, 6) is 0.137. The summed E-state index contributed by atoms with van der Waals surface area (Å²) in [5.41, 5.74) is 5.87. The molecule has 0 aromatic heterocycles. The molecule has 0 spiro atoms. The van der Waals surface area contributed by atoms with Crippen molar-refractivity contribution in [1.82, 2.24) is 4.72 Å². The highest BCUT2D eigenvalue weighted by atomic mass is 32.2. The van der Waals surface area contributed by atoms with E-state index in [0.29, 0.717) is 18.5 Å². The van der Waals surface area contributed by atoms with Crippen molar-refractivity contribution < 1.29 is 16.8 Å². The Balaban J connectivity index is 2.11. The standard InChI is InChI=1S/C11H16N2O4S2/c12-9-3-1-4-10(7-9)19(16,17)13-8-11-5-2-6-18(11,14)15/h1,3-4,7,11,13H,2,5-6,8,12H2. The molecule has 0 radical (unpaired) electrons. The number of hydrogen-bond acceptors (Lipinski definition) is 5. The maximum atomic E-state index is 12.0. The molecule has 106 valence electrons. The van der Waals surface area contributed by atoms with Gasteiger partial charge >= 0.3 is 0 Å². The summed E-state index contributed by atoms with van der Waals surface area (Å²) in [6, 6.07) is 5.88. The fraction of sp³-hybridized carbons (Fsp3) is 0.455. The summed E-state index contributed by atoms with van der Waals surface area (Å²) < 4.78 is 49.5. The second kappa shape index (κ2) is 5.10. The lowest BCUT2D eigenvalue weighted by Crippen LogP contribution is -2.34. The van der Waals surface area contributed by atoms with Crippen molar-refractivity contribution in [3.05, 3.63) is 24.3 Å². The molecule has 19 heavy (non-hydrogen) atoms. The first-order valence-corrected chi connectivity index (χ1v) is 9.08. The van der Waals surface area contributed by atoms with E-state index in [1.54, 1.807) is 6.07 Å². The molecule has 0 amide bonds. The van der Waals surface area contributed by atoms with Gasteiger partial charge in [0.25, 0.3) is 0 Å². The molecule has 8 heteroatoms. The van der Waals surface area contributed by atoms with Crippen molar-refractivity contribution in [2.75, 3.05) is 18.0 Å². The van der Waals surface area contributed by atoms with Gasteiger partial charge in [0.2, 0.25) is 10.0 Å². The number of benzene rings is 1. The largest absolute Gasteiger partial charge is 0.399 e. The van der Waals surface area contributed by atoms with E-state index in [-0.39, 0.29) is 17.2 Å². The van der Waals surface area contributed by atoms with E-state index in [1.165, 1.54) is 18.2 Å². The van der Waals surface area contributed by atoms with Crippen LogP contribution in [-0.2, 0) is 19.9 Å². The monoisotopic (exact) mass is 304 g/mol. The van der Waals surface area contributed by atoms with Crippen LogP contribution in [0.3, 0.4) is 0 Å². The zero-order chi connectivity index (χ0) is 14.1. The van der Waals surface area contributed by atoms with Crippen LogP contribution in [0.2, 0.25) is 0 Å². The lowest BCUT2D eigenvalue weighted by molar-refractivity contribution is 0.571. The fourth-order valence-corrected chi connectivity index (χ4v) is 5.06. The second-order valence-corrected chi connectivity index (χ2v) is 8.72. The molecular formula is C11H16N2O4S2. The Hall–Kier alpha value is -1.12. The Bertz CT molecular complexity index is 668. The van der Waals surface area contributed by atoms with Gasteiger partial charge in [-0.15, -0.1) is 0 Å². The van der Waals surface area contributed by atoms with Gasteiger partial charge in [-0.25, -0.2) is 21.6 Å². The van der Waals surface area contributed by atoms with Crippen LogP contribution >= 0.6 is 0 Å². The van der Waals surface area contributed by atoms with Crippen LogP contribution in [0.1, 0.15) is 12.8 Å². The molecule has 1 aromatic carbocycles. The lowest BCUT2D eigenvalue weighted by atomic mass is 10.2. The van der Waals surface area contributed by atoms with E-state index in [2.05, 4.69) is 4.72 Å². The van der Waals surface area contributed by atoms with Crippen molar-refractivity contribution in [2.24, 2.45) is 0 Å². The summed E-state index contributed by atoms with van der Waals surface area (Å²) in [7, 11) is -6.87. The number of rotatable bonds is 4. The van der Waals surface area contributed by atoms with Crippen molar-refractivity contribution in [2.45, 2.75) is 23.0 Å². The summed E-state index contributed by atoms with van der Waals surface area (Å²) in [6.45, 7) is -0.0839.